The average molecular weight is 493 g/mol. The number of nitrogens with zero attached hydrogens (tertiary/aromatic N) is 2. The van der Waals surface area contributed by atoms with Gasteiger partial charge in [0.15, 0.2) is 0 Å². The maximum Gasteiger partial charge on any atom is 0.119 e. The first kappa shape index (κ1) is 25.1. The zero-order valence-electron chi connectivity index (χ0n) is 19.6. The van der Waals surface area contributed by atoms with Crippen LogP contribution in [0.2, 0.25) is 5.02 Å². The van der Waals surface area contributed by atoms with Gasteiger partial charge in [0.1, 0.15) is 5.75 Å². The van der Waals surface area contributed by atoms with Crippen molar-refractivity contribution in [2.75, 3.05) is 39.1 Å². The Bertz CT molecular complexity index is 914. The molecule has 0 radical (unpaired) electrons. The molecule has 1 unspecified atom stereocenters. The number of aliphatic hydroxyl groups is 2. The normalized spacial score (nSPS) is 20.4. The molecule has 5 nitrogen and oxygen atoms in total. The number of aliphatic hydroxyl groups excluding tert-OH is 2. The molecule has 2 aromatic rings. The predicted octanol–water partition coefficient (Wildman–Crippen LogP) is 5.46. The molecule has 1 saturated carbocycles. The fourth-order valence-corrected chi connectivity index (χ4v) is 7.00. The molecule has 1 saturated heterocycles. The molecule has 2 heterocycles. The van der Waals surface area contributed by atoms with Gasteiger partial charge in [-0.05, 0) is 75.2 Å². The first-order chi connectivity index (χ1) is 16.0. The van der Waals surface area contributed by atoms with Crippen molar-refractivity contribution in [3.05, 3.63) is 35.0 Å². The first-order valence-corrected chi connectivity index (χ1v) is 13.7. The molecule has 182 valence electrons. The highest BCUT2D eigenvalue weighted by Gasteiger charge is 2.34. The van der Waals surface area contributed by atoms with Crippen molar-refractivity contribution in [2.24, 2.45) is 5.41 Å². The minimum Gasteiger partial charge on any atom is -0.497 e. The lowest BCUT2D eigenvalue weighted by atomic mass is 9.74. The van der Waals surface area contributed by atoms with Gasteiger partial charge in [0.2, 0.25) is 0 Å². The van der Waals surface area contributed by atoms with E-state index >= 15 is 0 Å². The Hall–Kier alpha value is -1.05. The van der Waals surface area contributed by atoms with Crippen LogP contribution >= 0.6 is 23.4 Å². The van der Waals surface area contributed by atoms with Crippen LogP contribution in [0, 0.1) is 5.41 Å². The second-order valence-corrected chi connectivity index (χ2v) is 11.5. The summed E-state index contributed by atoms with van der Waals surface area (Å²) >= 11 is 8.63. The number of rotatable bonds is 10. The minimum absolute atomic E-state index is 0.122. The van der Waals surface area contributed by atoms with E-state index in [1.807, 2.05) is 18.2 Å². The lowest BCUT2D eigenvalue weighted by Gasteiger charge is -2.41. The van der Waals surface area contributed by atoms with E-state index in [-0.39, 0.29) is 12.0 Å². The van der Waals surface area contributed by atoms with Crippen molar-refractivity contribution in [1.29, 1.82) is 0 Å². The van der Waals surface area contributed by atoms with Gasteiger partial charge in [-0.15, -0.1) is 0 Å². The second-order valence-electron chi connectivity index (χ2n) is 9.73. The Morgan fingerprint density at radius 1 is 1.27 bits per heavy atom. The molecule has 1 aliphatic heterocycles. The van der Waals surface area contributed by atoms with Gasteiger partial charge in [0, 0.05) is 41.3 Å². The Balaban J connectivity index is 1.33. The topological polar surface area (TPSA) is 65.8 Å². The number of hydrogen-bond donors (Lipinski definition) is 2. The summed E-state index contributed by atoms with van der Waals surface area (Å²) in [4.78, 5) is 6.94. The van der Waals surface area contributed by atoms with Crippen LogP contribution in [-0.2, 0) is 0 Å². The fourth-order valence-electron chi connectivity index (χ4n) is 5.36. The molecule has 2 fully saturated rings. The molecule has 33 heavy (non-hydrogen) atoms. The highest BCUT2D eigenvalue weighted by atomic mass is 35.5. The summed E-state index contributed by atoms with van der Waals surface area (Å²) in [6, 6.07) is 5.63. The van der Waals surface area contributed by atoms with Crippen molar-refractivity contribution in [2.45, 2.75) is 62.7 Å². The number of pyridine rings is 1. The monoisotopic (exact) mass is 492 g/mol. The van der Waals surface area contributed by atoms with Crippen molar-refractivity contribution >= 4 is 34.3 Å². The van der Waals surface area contributed by atoms with Gasteiger partial charge in [-0.25, -0.2) is 0 Å². The molecule has 1 aromatic heterocycles. The molecule has 7 heteroatoms. The average Bonchev–Trinajstić information content (AvgIpc) is 3.36. The summed E-state index contributed by atoms with van der Waals surface area (Å²) in [5.74, 6) is 1.93. The lowest BCUT2D eigenvalue weighted by Crippen LogP contribution is -2.43. The highest BCUT2D eigenvalue weighted by molar-refractivity contribution is 7.99. The summed E-state index contributed by atoms with van der Waals surface area (Å²) in [6.07, 6.45) is 9.78. The van der Waals surface area contributed by atoms with Crippen LogP contribution in [0.4, 0.5) is 0 Å². The van der Waals surface area contributed by atoms with Crippen LogP contribution in [0.15, 0.2) is 24.4 Å². The second kappa shape index (κ2) is 11.6. The zero-order chi connectivity index (χ0) is 23.3. The third-order valence-corrected chi connectivity index (χ3v) is 9.33. The number of aromatic nitrogens is 1. The number of ether oxygens (including phenoxy) is 1. The SMILES string of the molecule is COc1ccc2ncc(Cl)c(C(O)CCC3(CO)CCN(CCSC4CCCC4)CC3)c2c1. The third-order valence-electron chi connectivity index (χ3n) is 7.66. The molecular formula is C26H37ClN2O3S. The molecule has 0 bridgehead atoms. The number of likely N-dealkylation sites (tertiary alicyclic amines) is 1. The van der Waals surface area contributed by atoms with Crippen LogP contribution in [0.25, 0.3) is 10.9 Å². The van der Waals surface area contributed by atoms with Gasteiger partial charge in [0.25, 0.3) is 0 Å². The summed E-state index contributed by atoms with van der Waals surface area (Å²) in [7, 11) is 1.63. The van der Waals surface area contributed by atoms with E-state index in [0.717, 1.165) is 55.0 Å². The van der Waals surface area contributed by atoms with E-state index in [0.29, 0.717) is 22.8 Å². The van der Waals surface area contributed by atoms with E-state index in [4.69, 9.17) is 16.3 Å². The largest absolute Gasteiger partial charge is 0.497 e. The van der Waals surface area contributed by atoms with E-state index in [1.54, 1.807) is 13.3 Å². The Kier molecular flexibility index (Phi) is 8.80. The molecular weight excluding hydrogens is 456 g/mol. The fraction of sp³-hybridized carbons (Fsp3) is 0.654. The summed E-state index contributed by atoms with van der Waals surface area (Å²) in [5.41, 5.74) is 1.37. The molecule has 1 aromatic carbocycles. The molecule has 0 amide bonds. The smallest absolute Gasteiger partial charge is 0.119 e. The number of methoxy groups -OCH3 is 1. The lowest BCUT2D eigenvalue weighted by molar-refractivity contribution is 0.0254. The van der Waals surface area contributed by atoms with Crippen molar-refractivity contribution in [3.63, 3.8) is 0 Å². The van der Waals surface area contributed by atoms with Gasteiger partial charge >= 0.3 is 0 Å². The van der Waals surface area contributed by atoms with Crippen LogP contribution < -0.4 is 4.74 Å². The number of halogens is 1. The van der Waals surface area contributed by atoms with Crippen LogP contribution in [0.5, 0.6) is 5.75 Å². The van der Waals surface area contributed by atoms with Crippen LogP contribution in [0.1, 0.15) is 63.0 Å². The molecule has 2 N–H and O–H groups in total. The standard InChI is InChI=1S/C26H37ClN2O3S/c1-32-19-6-7-23-21(16-19)25(22(27)17-28-23)24(31)8-9-26(18-30)10-12-29(13-11-26)14-15-33-20-4-2-3-5-20/h6-7,16-17,20,24,30-31H,2-5,8-15,18H2,1H3. The van der Waals surface area contributed by atoms with Gasteiger partial charge < -0.3 is 19.8 Å². The summed E-state index contributed by atoms with van der Waals surface area (Å²) < 4.78 is 5.36. The maximum absolute atomic E-state index is 11.1. The summed E-state index contributed by atoms with van der Waals surface area (Å²) in [5, 5.41) is 23.6. The number of piperidine rings is 1. The molecule has 0 spiro atoms. The number of fused-ring (bicyclic) bond motifs is 1. The van der Waals surface area contributed by atoms with Crippen molar-refractivity contribution in [3.8, 4) is 5.75 Å². The molecule has 1 aliphatic carbocycles. The van der Waals surface area contributed by atoms with E-state index in [1.165, 1.54) is 31.4 Å². The Labute approximate surface area is 206 Å². The zero-order valence-corrected chi connectivity index (χ0v) is 21.2. The third kappa shape index (κ3) is 6.15. The Morgan fingerprint density at radius 2 is 2.03 bits per heavy atom. The van der Waals surface area contributed by atoms with Crippen molar-refractivity contribution < 1.29 is 14.9 Å². The van der Waals surface area contributed by atoms with Crippen LogP contribution in [-0.4, -0.2) is 64.5 Å². The quantitative estimate of drug-likeness (QED) is 0.459. The summed E-state index contributed by atoms with van der Waals surface area (Å²) in [6.45, 7) is 3.37. The van der Waals surface area contributed by atoms with Gasteiger partial charge in [0.05, 0.1) is 23.8 Å². The molecule has 4 rings (SSSR count). The van der Waals surface area contributed by atoms with E-state index < -0.39 is 6.10 Å². The molecule has 2 aliphatic rings. The van der Waals surface area contributed by atoms with Crippen molar-refractivity contribution in [1.82, 2.24) is 9.88 Å². The highest BCUT2D eigenvalue weighted by Crippen LogP contribution is 2.40. The number of thioether (sulfide) groups is 1. The first-order valence-electron chi connectivity index (χ1n) is 12.3. The van der Waals surface area contributed by atoms with Gasteiger partial charge in [-0.3, -0.25) is 4.98 Å². The Morgan fingerprint density at radius 3 is 2.73 bits per heavy atom. The number of benzene rings is 1. The maximum atomic E-state index is 11.1. The van der Waals surface area contributed by atoms with Gasteiger partial charge in [-0.1, -0.05) is 24.4 Å². The predicted molar refractivity (Wildman–Crippen MR) is 137 cm³/mol. The number of hydrogen-bond acceptors (Lipinski definition) is 6. The van der Waals surface area contributed by atoms with Crippen LogP contribution in [0.3, 0.4) is 0 Å². The molecule has 1 atom stereocenters. The van der Waals surface area contributed by atoms with E-state index in [2.05, 4.69) is 21.6 Å². The van der Waals surface area contributed by atoms with E-state index in [9.17, 15) is 10.2 Å². The van der Waals surface area contributed by atoms with Gasteiger partial charge in [-0.2, -0.15) is 11.8 Å². The minimum atomic E-state index is -0.709.